The number of anilines is 1. The van der Waals surface area contributed by atoms with Crippen molar-refractivity contribution < 1.29 is 4.79 Å². The molecule has 28 heavy (non-hydrogen) atoms. The van der Waals surface area contributed by atoms with Crippen LogP contribution in [0.2, 0.25) is 5.02 Å². The summed E-state index contributed by atoms with van der Waals surface area (Å²) in [5.41, 5.74) is 4.02. The first-order chi connectivity index (χ1) is 13.6. The molecule has 0 saturated carbocycles. The van der Waals surface area contributed by atoms with Crippen molar-refractivity contribution in [1.29, 1.82) is 0 Å². The zero-order valence-electron chi connectivity index (χ0n) is 15.6. The van der Waals surface area contributed by atoms with Gasteiger partial charge < -0.3 is 10.6 Å². The summed E-state index contributed by atoms with van der Waals surface area (Å²) in [5.74, 6) is -0.152. The molecule has 0 unspecified atom stereocenters. The van der Waals surface area contributed by atoms with Crippen molar-refractivity contribution in [2.75, 3.05) is 5.32 Å². The van der Waals surface area contributed by atoms with Crippen LogP contribution in [0, 0.1) is 0 Å². The van der Waals surface area contributed by atoms with E-state index in [1.54, 1.807) is 18.3 Å². The van der Waals surface area contributed by atoms with E-state index in [1.165, 1.54) is 6.08 Å². The highest BCUT2D eigenvalue weighted by atomic mass is 35.5. The Labute approximate surface area is 170 Å². The van der Waals surface area contributed by atoms with E-state index in [0.717, 1.165) is 22.4 Å². The lowest BCUT2D eigenvalue weighted by molar-refractivity contribution is -0.117. The van der Waals surface area contributed by atoms with Crippen LogP contribution in [-0.4, -0.2) is 10.9 Å². The summed E-state index contributed by atoms with van der Waals surface area (Å²) >= 11 is 5.96. The molecule has 1 atom stereocenters. The topological polar surface area (TPSA) is 54.0 Å². The van der Waals surface area contributed by atoms with E-state index in [4.69, 9.17) is 11.6 Å². The average Bonchev–Trinajstić information content (AvgIpc) is 2.72. The van der Waals surface area contributed by atoms with Crippen LogP contribution < -0.4 is 10.6 Å². The van der Waals surface area contributed by atoms with E-state index in [9.17, 15) is 4.79 Å². The third-order valence-electron chi connectivity index (χ3n) is 4.24. The van der Waals surface area contributed by atoms with Gasteiger partial charge in [-0.2, -0.15) is 0 Å². The number of rotatable bonds is 7. The normalized spacial score (nSPS) is 11.9. The molecule has 142 valence electrons. The molecule has 0 saturated heterocycles. The van der Waals surface area contributed by atoms with E-state index in [-0.39, 0.29) is 11.9 Å². The molecule has 1 aromatic heterocycles. The number of nitrogens with one attached hydrogen (secondary N) is 2. The summed E-state index contributed by atoms with van der Waals surface area (Å²) in [5, 5.41) is 7.01. The van der Waals surface area contributed by atoms with Gasteiger partial charge in [0.1, 0.15) is 0 Å². The molecular formula is C23H22ClN3O. The number of aromatic nitrogens is 1. The fourth-order valence-electron chi connectivity index (χ4n) is 2.75. The Morgan fingerprint density at radius 3 is 2.79 bits per heavy atom. The van der Waals surface area contributed by atoms with Gasteiger partial charge in [-0.05, 0) is 60.0 Å². The molecule has 1 amide bonds. The predicted molar refractivity (Wildman–Crippen MR) is 115 cm³/mol. The second-order valence-electron chi connectivity index (χ2n) is 6.46. The molecule has 0 aliphatic rings. The summed E-state index contributed by atoms with van der Waals surface area (Å²) in [7, 11) is 0. The van der Waals surface area contributed by atoms with Gasteiger partial charge in [-0.3, -0.25) is 9.78 Å². The molecule has 0 aliphatic heterocycles. The molecule has 4 nitrogen and oxygen atoms in total. The van der Waals surface area contributed by atoms with E-state index in [0.29, 0.717) is 11.6 Å². The lowest BCUT2D eigenvalue weighted by Crippen LogP contribution is -2.24. The third-order valence-corrected chi connectivity index (χ3v) is 4.48. The number of nitrogens with zero attached hydrogens (tertiary/aromatic N) is 1. The second kappa shape index (κ2) is 9.72. The van der Waals surface area contributed by atoms with Crippen LogP contribution in [0.15, 0.2) is 79.1 Å². The SMILES string of the molecule is C[C@H](NC(=O)/C=C/c1cccc(Cl)c1)c1cccc(NCc2cccnc2)c1. The Morgan fingerprint density at radius 1 is 1.14 bits per heavy atom. The summed E-state index contributed by atoms with van der Waals surface area (Å²) < 4.78 is 0. The quantitative estimate of drug-likeness (QED) is 0.541. The van der Waals surface area contributed by atoms with Gasteiger partial charge in [0.2, 0.25) is 5.91 Å². The fourth-order valence-corrected chi connectivity index (χ4v) is 2.95. The Bertz CT molecular complexity index is 957. The molecule has 0 aliphatic carbocycles. The van der Waals surface area contributed by atoms with Crippen molar-refractivity contribution in [1.82, 2.24) is 10.3 Å². The molecule has 0 radical (unpaired) electrons. The summed E-state index contributed by atoms with van der Waals surface area (Å²) in [6.07, 6.45) is 6.87. The second-order valence-corrected chi connectivity index (χ2v) is 6.90. The molecule has 2 N–H and O–H groups in total. The smallest absolute Gasteiger partial charge is 0.244 e. The Kier molecular flexibility index (Phi) is 6.82. The number of amides is 1. The maximum Gasteiger partial charge on any atom is 0.244 e. The molecule has 0 spiro atoms. The van der Waals surface area contributed by atoms with Crippen LogP contribution in [0.4, 0.5) is 5.69 Å². The highest BCUT2D eigenvalue weighted by Crippen LogP contribution is 2.18. The van der Waals surface area contributed by atoms with E-state index >= 15 is 0 Å². The first-order valence-corrected chi connectivity index (χ1v) is 9.45. The number of hydrogen-bond donors (Lipinski definition) is 2. The van der Waals surface area contributed by atoms with Gasteiger partial charge in [-0.15, -0.1) is 0 Å². The van der Waals surface area contributed by atoms with Crippen LogP contribution in [0.1, 0.15) is 29.7 Å². The van der Waals surface area contributed by atoms with Crippen LogP contribution in [-0.2, 0) is 11.3 Å². The first-order valence-electron chi connectivity index (χ1n) is 9.07. The minimum atomic E-state index is -0.152. The highest BCUT2D eigenvalue weighted by Gasteiger charge is 2.08. The zero-order valence-corrected chi connectivity index (χ0v) is 16.4. The van der Waals surface area contributed by atoms with Crippen molar-refractivity contribution in [3.05, 3.63) is 101 Å². The van der Waals surface area contributed by atoms with Crippen LogP contribution >= 0.6 is 11.6 Å². The molecular weight excluding hydrogens is 370 g/mol. The molecule has 2 aromatic carbocycles. The van der Waals surface area contributed by atoms with Crippen molar-refractivity contribution in [2.24, 2.45) is 0 Å². The molecule has 3 rings (SSSR count). The maximum atomic E-state index is 12.2. The van der Waals surface area contributed by atoms with Gasteiger partial charge in [0.15, 0.2) is 0 Å². The Morgan fingerprint density at radius 2 is 2.00 bits per heavy atom. The Balaban J connectivity index is 1.57. The third kappa shape index (κ3) is 5.96. The standard InChI is InChI=1S/C23H22ClN3O/c1-17(27-23(28)11-10-18-5-2-8-21(24)13-18)20-7-3-9-22(14-20)26-16-19-6-4-12-25-15-19/h2-15,17,26H,16H2,1H3,(H,27,28)/b11-10+/t17-/m0/s1. The largest absolute Gasteiger partial charge is 0.381 e. The average molecular weight is 392 g/mol. The number of benzene rings is 2. The minimum absolute atomic E-state index is 0.114. The molecule has 3 aromatic rings. The van der Waals surface area contributed by atoms with Crippen LogP contribution in [0.5, 0.6) is 0 Å². The number of carbonyl (C=O) groups excluding carboxylic acids is 1. The summed E-state index contributed by atoms with van der Waals surface area (Å²) in [6.45, 7) is 2.66. The van der Waals surface area contributed by atoms with E-state index in [2.05, 4.69) is 15.6 Å². The van der Waals surface area contributed by atoms with Crippen molar-refractivity contribution >= 4 is 29.3 Å². The van der Waals surface area contributed by atoms with E-state index in [1.807, 2.05) is 67.7 Å². The first kappa shape index (κ1) is 19.6. The molecule has 0 bridgehead atoms. The van der Waals surface area contributed by atoms with Gasteiger partial charge in [-0.1, -0.05) is 41.9 Å². The molecule has 5 heteroatoms. The summed E-state index contributed by atoms with van der Waals surface area (Å²) in [6, 6.07) is 19.2. The van der Waals surface area contributed by atoms with Crippen LogP contribution in [0.25, 0.3) is 6.08 Å². The minimum Gasteiger partial charge on any atom is -0.381 e. The molecule has 0 fully saturated rings. The fraction of sp³-hybridized carbons (Fsp3) is 0.130. The number of halogens is 1. The van der Waals surface area contributed by atoms with Gasteiger partial charge >= 0.3 is 0 Å². The Hall–Kier alpha value is -3.11. The highest BCUT2D eigenvalue weighted by molar-refractivity contribution is 6.30. The monoisotopic (exact) mass is 391 g/mol. The van der Waals surface area contributed by atoms with Crippen LogP contribution in [0.3, 0.4) is 0 Å². The van der Waals surface area contributed by atoms with Crippen molar-refractivity contribution in [3.8, 4) is 0 Å². The van der Waals surface area contributed by atoms with E-state index < -0.39 is 0 Å². The number of hydrogen-bond acceptors (Lipinski definition) is 3. The van der Waals surface area contributed by atoms with Crippen molar-refractivity contribution in [3.63, 3.8) is 0 Å². The number of pyridine rings is 1. The molecule has 1 heterocycles. The van der Waals surface area contributed by atoms with Gasteiger partial charge in [0, 0.05) is 35.7 Å². The number of carbonyl (C=O) groups is 1. The maximum absolute atomic E-state index is 12.2. The zero-order chi connectivity index (χ0) is 19.8. The van der Waals surface area contributed by atoms with Gasteiger partial charge in [0.25, 0.3) is 0 Å². The summed E-state index contributed by atoms with van der Waals surface area (Å²) in [4.78, 5) is 16.3. The lowest BCUT2D eigenvalue weighted by Gasteiger charge is -2.15. The predicted octanol–water partition coefficient (Wildman–Crippen LogP) is 5.24. The van der Waals surface area contributed by atoms with Gasteiger partial charge in [-0.25, -0.2) is 0 Å². The lowest BCUT2D eigenvalue weighted by atomic mass is 10.1. The van der Waals surface area contributed by atoms with Gasteiger partial charge in [0.05, 0.1) is 6.04 Å². The van der Waals surface area contributed by atoms with Crippen molar-refractivity contribution in [2.45, 2.75) is 19.5 Å².